The highest BCUT2D eigenvalue weighted by molar-refractivity contribution is 5.33. The first kappa shape index (κ1) is 13.2. The number of hydrogen-bond donors (Lipinski definition) is 1. The molecule has 1 aromatic rings. The molecule has 3 rings (SSSR count). The minimum atomic E-state index is 0.273. The van der Waals surface area contributed by atoms with Crippen molar-refractivity contribution in [2.24, 2.45) is 5.73 Å². The summed E-state index contributed by atoms with van der Waals surface area (Å²) in [6.45, 7) is 8.20. The molecular formula is C16H27N3. The summed E-state index contributed by atoms with van der Waals surface area (Å²) < 4.78 is 2.62. The van der Waals surface area contributed by atoms with Gasteiger partial charge in [0.05, 0.1) is 0 Å². The Labute approximate surface area is 116 Å². The number of nitrogens with two attached hydrogens (primary N) is 1. The summed E-state index contributed by atoms with van der Waals surface area (Å²) in [6, 6.07) is 3.29. The Balaban J connectivity index is 1.92. The van der Waals surface area contributed by atoms with E-state index in [0.29, 0.717) is 6.04 Å². The van der Waals surface area contributed by atoms with E-state index in [9.17, 15) is 0 Å². The number of nitrogens with zero attached hydrogens (tertiary/aromatic N) is 2. The number of rotatable bonds is 2. The SMILES string of the molecule is CCN1CCCC(n2c(C)cc3c2CCCC3N)C1. The van der Waals surface area contributed by atoms with Crippen LogP contribution >= 0.6 is 0 Å². The largest absolute Gasteiger partial charge is 0.344 e. The molecule has 1 saturated heterocycles. The Morgan fingerprint density at radius 3 is 2.95 bits per heavy atom. The Kier molecular flexibility index (Phi) is 3.68. The van der Waals surface area contributed by atoms with Crippen LogP contribution in [0.5, 0.6) is 0 Å². The van der Waals surface area contributed by atoms with Crippen molar-refractivity contribution in [3.63, 3.8) is 0 Å². The lowest BCUT2D eigenvalue weighted by molar-refractivity contribution is 0.182. The molecule has 2 atom stereocenters. The van der Waals surface area contributed by atoms with Crippen LogP contribution in [0.25, 0.3) is 0 Å². The highest BCUT2D eigenvalue weighted by Gasteiger charge is 2.27. The van der Waals surface area contributed by atoms with Crippen LogP contribution in [0.2, 0.25) is 0 Å². The highest BCUT2D eigenvalue weighted by atomic mass is 15.2. The summed E-state index contributed by atoms with van der Waals surface area (Å²) in [6.07, 6.45) is 6.29. The van der Waals surface area contributed by atoms with Crippen molar-refractivity contribution in [2.75, 3.05) is 19.6 Å². The smallest absolute Gasteiger partial charge is 0.0463 e. The zero-order valence-electron chi connectivity index (χ0n) is 12.4. The van der Waals surface area contributed by atoms with E-state index < -0.39 is 0 Å². The third-order valence-electron chi connectivity index (χ3n) is 4.99. The van der Waals surface area contributed by atoms with Gasteiger partial charge in [-0.15, -0.1) is 0 Å². The summed E-state index contributed by atoms with van der Waals surface area (Å²) in [4.78, 5) is 2.59. The van der Waals surface area contributed by atoms with E-state index in [1.165, 1.54) is 56.6 Å². The van der Waals surface area contributed by atoms with Gasteiger partial charge in [-0.05, 0) is 63.7 Å². The van der Waals surface area contributed by atoms with E-state index in [1.807, 2.05) is 0 Å². The summed E-state index contributed by atoms with van der Waals surface area (Å²) in [5.41, 5.74) is 10.7. The molecule has 0 aromatic carbocycles. The van der Waals surface area contributed by atoms with Crippen molar-refractivity contribution in [3.05, 3.63) is 23.0 Å². The van der Waals surface area contributed by atoms with Crippen molar-refractivity contribution in [1.82, 2.24) is 9.47 Å². The predicted octanol–water partition coefficient (Wildman–Crippen LogP) is 2.79. The minimum absolute atomic E-state index is 0.273. The van der Waals surface area contributed by atoms with E-state index in [0.717, 1.165) is 6.42 Å². The van der Waals surface area contributed by atoms with Crippen LogP contribution in [0.15, 0.2) is 6.07 Å². The molecule has 1 aromatic heterocycles. The maximum Gasteiger partial charge on any atom is 0.0463 e. The van der Waals surface area contributed by atoms with Gasteiger partial charge in [-0.25, -0.2) is 0 Å². The number of hydrogen-bond acceptors (Lipinski definition) is 2. The molecule has 2 heterocycles. The first-order valence-electron chi connectivity index (χ1n) is 7.89. The van der Waals surface area contributed by atoms with Crippen LogP contribution in [0, 0.1) is 6.92 Å². The highest BCUT2D eigenvalue weighted by Crippen LogP contribution is 2.35. The molecule has 2 N–H and O–H groups in total. The molecule has 0 amide bonds. The van der Waals surface area contributed by atoms with Gasteiger partial charge in [0.15, 0.2) is 0 Å². The summed E-state index contributed by atoms with van der Waals surface area (Å²) in [7, 11) is 0. The average molecular weight is 261 g/mol. The van der Waals surface area contributed by atoms with Crippen LogP contribution in [-0.2, 0) is 6.42 Å². The number of aryl methyl sites for hydroxylation is 1. The van der Waals surface area contributed by atoms with E-state index in [4.69, 9.17) is 5.73 Å². The van der Waals surface area contributed by atoms with Gasteiger partial charge in [0.1, 0.15) is 0 Å². The third-order valence-corrected chi connectivity index (χ3v) is 4.99. The van der Waals surface area contributed by atoms with Gasteiger partial charge >= 0.3 is 0 Å². The normalized spacial score (nSPS) is 28.4. The van der Waals surface area contributed by atoms with Crippen LogP contribution in [-0.4, -0.2) is 29.1 Å². The Morgan fingerprint density at radius 2 is 2.16 bits per heavy atom. The first-order chi connectivity index (χ1) is 9.20. The molecule has 1 aliphatic carbocycles. The summed E-state index contributed by atoms with van der Waals surface area (Å²) >= 11 is 0. The molecule has 0 bridgehead atoms. The molecule has 0 spiro atoms. The fourth-order valence-corrected chi connectivity index (χ4v) is 4.00. The van der Waals surface area contributed by atoms with Gasteiger partial charge in [-0.1, -0.05) is 6.92 Å². The second kappa shape index (κ2) is 5.29. The Hall–Kier alpha value is -0.800. The van der Waals surface area contributed by atoms with Crippen LogP contribution in [0.1, 0.15) is 61.6 Å². The predicted molar refractivity (Wildman–Crippen MR) is 79.4 cm³/mol. The molecule has 19 heavy (non-hydrogen) atoms. The molecular weight excluding hydrogens is 234 g/mol. The Morgan fingerprint density at radius 1 is 1.32 bits per heavy atom. The maximum absolute atomic E-state index is 6.29. The van der Waals surface area contributed by atoms with Gasteiger partial charge in [0.25, 0.3) is 0 Å². The number of fused-ring (bicyclic) bond motifs is 1. The van der Waals surface area contributed by atoms with Gasteiger partial charge in [-0.2, -0.15) is 0 Å². The quantitative estimate of drug-likeness (QED) is 0.888. The molecule has 0 saturated carbocycles. The topological polar surface area (TPSA) is 34.2 Å². The molecule has 106 valence electrons. The summed E-state index contributed by atoms with van der Waals surface area (Å²) in [5.74, 6) is 0. The fourth-order valence-electron chi connectivity index (χ4n) is 4.00. The van der Waals surface area contributed by atoms with Gasteiger partial charge in [-0.3, -0.25) is 0 Å². The van der Waals surface area contributed by atoms with Crippen LogP contribution < -0.4 is 5.73 Å². The monoisotopic (exact) mass is 261 g/mol. The zero-order valence-corrected chi connectivity index (χ0v) is 12.4. The number of likely N-dealkylation sites (N-methyl/N-ethyl adjacent to an activating group) is 1. The lowest BCUT2D eigenvalue weighted by atomic mass is 9.93. The van der Waals surface area contributed by atoms with Crippen LogP contribution in [0.4, 0.5) is 0 Å². The molecule has 3 nitrogen and oxygen atoms in total. The standard InChI is InChI=1S/C16H27N3/c1-3-18-9-5-6-13(11-18)19-12(2)10-14-15(17)7-4-8-16(14)19/h10,13,15H,3-9,11,17H2,1-2H3. The first-order valence-corrected chi connectivity index (χ1v) is 7.89. The van der Waals surface area contributed by atoms with Crippen molar-refractivity contribution in [1.29, 1.82) is 0 Å². The molecule has 2 aliphatic rings. The van der Waals surface area contributed by atoms with Gasteiger partial charge in [0, 0.05) is 30.0 Å². The second-order valence-corrected chi connectivity index (χ2v) is 6.25. The zero-order chi connectivity index (χ0) is 13.4. The molecule has 2 unspecified atom stereocenters. The van der Waals surface area contributed by atoms with Crippen molar-refractivity contribution >= 4 is 0 Å². The summed E-state index contributed by atoms with van der Waals surface area (Å²) in [5, 5.41) is 0. The third kappa shape index (κ3) is 2.34. The fraction of sp³-hybridized carbons (Fsp3) is 0.750. The van der Waals surface area contributed by atoms with E-state index in [2.05, 4.69) is 29.4 Å². The van der Waals surface area contributed by atoms with Gasteiger partial charge < -0.3 is 15.2 Å². The Bertz CT molecular complexity index is 449. The average Bonchev–Trinajstić information content (AvgIpc) is 2.77. The number of likely N-dealkylation sites (tertiary alicyclic amines) is 1. The minimum Gasteiger partial charge on any atom is -0.344 e. The lowest BCUT2D eigenvalue weighted by Gasteiger charge is -2.35. The van der Waals surface area contributed by atoms with Gasteiger partial charge in [0.2, 0.25) is 0 Å². The maximum atomic E-state index is 6.29. The molecule has 1 aliphatic heterocycles. The lowest BCUT2D eigenvalue weighted by Crippen LogP contribution is -2.37. The van der Waals surface area contributed by atoms with Crippen molar-refractivity contribution < 1.29 is 0 Å². The molecule has 1 fully saturated rings. The number of piperidine rings is 1. The van der Waals surface area contributed by atoms with E-state index in [-0.39, 0.29) is 6.04 Å². The van der Waals surface area contributed by atoms with E-state index in [1.54, 1.807) is 5.69 Å². The number of aromatic nitrogens is 1. The molecule has 3 heteroatoms. The molecule has 0 radical (unpaired) electrons. The van der Waals surface area contributed by atoms with Crippen molar-refractivity contribution in [2.45, 2.75) is 58.0 Å². The van der Waals surface area contributed by atoms with E-state index >= 15 is 0 Å². The second-order valence-electron chi connectivity index (χ2n) is 6.25. The van der Waals surface area contributed by atoms with Crippen LogP contribution in [0.3, 0.4) is 0 Å². The van der Waals surface area contributed by atoms with Crippen molar-refractivity contribution in [3.8, 4) is 0 Å².